The third kappa shape index (κ3) is 5.53. The highest BCUT2D eigenvalue weighted by molar-refractivity contribution is 5.79. The Labute approximate surface area is 147 Å². The average Bonchev–Trinajstić information content (AvgIpc) is 3.07. The molecule has 0 saturated heterocycles. The molecule has 0 fully saturated rings. The number of aromatic nitrogens is 3. The molecule has 0 aliphatic heterocycles. The first kappa shape index (κ1) is 18.9. The summed E-state index contributed by atoms with van der Waals surface area (Å²) in [6.45, 7) is 6.09. The zero-order valence-corrected chi connectivity index (χ0v) is 14.6. The summed E-state index contributed by atoms with van der Waals surface area (Å²) in [5, 5.41) is 24.4. The number of halogens is 1. The Morgan fingerprint density at radius 2 is 2.12 bits per heavy atom. The topological polar surface area (TPSA) is 87.4 Å². The van der Waals surface area contributed by atoms with Crippen molar-refractivity contribution in [3.8, 4) is 0 Å². The van der Waals surface area contributed by atoms with Gasteiger partial charge < -0.3 is 20.3 Å². The number of nitrogens with zero attached hydrogens (tertiary/aromatic N) is 4. The van der Waals surface area contributed by atoms with Gasteiger partial charge in [-0.3, -0.25) is 4.99 Å². The zero-order chi connectivity index (χ0) is 18.1. The molecule has 0 aliphatic carbocycles. The van der Waals surface area contributed by atoms with Crippen LogP contribution in [-0.4, -0.2) is 45.5 Å². The third-order valence-corrected chi connectivity index (χ3v) is 3.69. The van der Waals surface area contributed by atoms with Gasteiger partial charge in [-0.05, 0) is 13.0 Å². The molecule has 1 aromatic carbocycles. The van der Waals surface area contributed by atoms with E-state index < -0.39 is 11.9 Å². The smallest absolute Gasteiger partial charge is 0.191 e. The Kier molecular flexibility index (Phi) is 7.34. The summed E-state index contributed by atoms with van der Waals surface area (Å²) >= 11 is 0. The standard InChI is InChI=1S/C17H25FN6O/c1-3-16-23-22-12-24(16)10-9-20-17(19-4-2)21-11-15(25)13-7-5-6-8-14(13)18/h5-8,12,15,25H,3-4,9-11H2,1-2H3,(H2,19,20,21). The molecule has 1 heterocycles. The molecule has 2 aromatic rings. The van der Waals surface area contributed by atoms with Crippen molar-refractivity contribution >= 4 is 5.96 Å². The van der Waals surface area contributed by atoms with E-state index in [9.17, 15) is 9.50 Å². The van der Waals surface area contributed by atoms with Gasteiger partial charge in [-0.15, -0.1) is 10.2 Å². The van der Waals surface area contributed by atoms with E-state index in [1.54, 1.807) is 24.5 Å². The Hall–Kier alpha value is -2.48. The second-order valence-electron chi connectivity index (χ2n) is 5.48. The number of aliphatic hydroxyl groups excluding tert-OH is 1. The lowest BCUT2D eigenvalue weighted by Crippen LogP contribution is -2.39. The predicted molar refractivity (Wildman–Crippen MR) is 94.7 cm³/mol. The Balaban J connectivity index is 1.90. The zero-order valence-electron chi connectivity index (χ0n) is 14.6. The van der Waals surface area contributed by atoms with Gasteiger partial charge in [0.15, 0.2) is 5.96 Å². The van der Waals surface area contributed by atoms with Crippen LogP contribution in [0, 0.1) is 5.82 Å². The third-order valence-electron chi connectivity index (χ3n) is 3.69. The molecule has 1 unspecified atom stereocenters. The fourth-order valence-electron chi connectivity index (χ4n) is 2.40. The molecule has 8 heteroatoms. The quantitative estimate of drug-likeness (QED) is 0.494. The van der Waals surface area contributed by atoms with Crippen LogP contribution in [0.3, 0.4) is 0 Å². The summed E-state index contributed by atoms with van der Waals surface area (Å²) in [6.07, 6.45) is 1.54. The number of nitrogens with one attached hydrogen (secondary N) is 2. The Morgan fingerprint density at radius 3 is 2.84 bits per heavy atom. The van der Waals surface area contributed by atoms with Crippen molar-refractivity contribution in [3.05, 3.63) is 47.8 Å². The van der Waals surface area contributed by atoms with Crippen LogP contribution >= 0.6 is 0 Å². The molecule has 0 radical (unpaired) electrons. The summed E-state index contributed by atoms with van der Waals surface area (Å²) in [7, 11) is 0. The number of hydrogen-bond donors (Lipinski definition) is 3. The minimum atomic E-state index is -0.985. The summed E-state index contributed by atoms with van der Waals surface area (Å²) in [5.74, 6) is 1.07. The molecule has 3 N–H and O–H groups in total. The number of hydrogen-bond acceptors (Lipinski definition) is 4. The van der Waals surface area contributed by atoms with Crippen molar-refractivity contribution in [2.45, 2.75) is 32.9 Å². The van der Waals surface area contributed by atoms with Gasteiger partial charge >= 0.3 is 0 Å². The van der Waals surface area contributed by atoms with Crippen molar-refractivity contribution in [2.24, 2.45) is 4.99 Å². The van der Waals surface area contributed by atoms with Crippen molar-refractivity contribution in [3.63, 3.8) is 0 Å². The van der Waals surface area contributed by atoms with Gasteiger partial charge in [0.05, 0.1) is 6.54 Å². The van der Waals surface area contributed by atoms with Crippen LogP contribution < -0.4 is 10.6 Å². The van der Waals surface area contributed by atoms with Gasteiger partial charge in [-0.25, -0.2) is 4.39 Å². The van der Waals surface area contributed by atoms with Gasteiger partial charge in [0, 0.05) is 31.6 Å². The summed E-state index contributed by atoms with van der Waals surface area (Å²) < 4.78 is 15.7. The van der Waals surface area contributed by atoms with E-state index in [1.165, 1.54) is 6.07 Å². The Bertz CT molecular complexity index is 687. The highest BCUT2D eigenvalue weighted by atomic mass is 19.1. The SMILES string of the molecule is CCNC(=NCC(O)c1ccccc1F)NCCn1cnnc1CC. The van der Waals surface area contributed by atoms with Gasteiger partial charge in [-0.1, -0.05) is 25.1 Å². The van der Waals surface area contributed by atoms with Gasteiger partial charge in [0.1, 0.15) is 24.1 Å². The van der Waals surface area contributed by atoms with Gasteiger partial charge in [0.2, 0.25) is 0 Å². The van der Waals surface area contributed by atoms with Crippen molar-refractivity contribution < 1.29 is 9.50 Å². The van der Waals surface area contributed by atoms with Crippen LogP contribution in [-0.2, 0) is 13.0 Å². The molecular weight excluding hydrogens is 323 g/mol. The summed E-state index contributed by atoms with van der Waals surface area (Å²) in [6, 6.07) is 6.18. The monoisotopic (exact) mass is 348 g/mol. The van der Waals surface area contributed by atoms with E-state index in [4.69, 9.17) is 0 Å². The lowest BCUT2D eigenvalue weighted by molar-refractivity contribution is 0.182. The lowest BCUT2D eigenvalue weighted by Gasteiger charge is -2.14. The average molecular weight is 348 g/mol. The van der Waals surface area contributed by atoms with Gasteiger partial charge in [-0.2, -0.15) is 0 Å². The van der Waals surface area contributed by atoms with Gasteiger partial charge in [0.25, 0.3) is 0 Å². The lowest BCUT2D eigenvalue weighted by atomic mass is 10.1. The van der Waals surface area contributed by atoms with E-state index in [1.807, 2.05) is 18.4 Å². The highest BCUT2D eigenvalue weighted by Gasteiger charge is 2.12. The van der Waals surface area contributed by atoms with E-state index >= 15 is 0 Å². The molecular formula is C17H25FN6O. The molecule has 2 rings (SSSR count). The first-order chi connectivity index (χ1) is 12.2. The number of aliphatic hydroxyl groups is 1. The van der Waals surface area contributed by atoms with Crippen LogP contribution in [0.2, 0.25) is 0 Å². The van der Waals surface area contributed by atoms with E-state index in [0.717, 1.165) is 12.2 Å². The fourth-order valence-corrected chi connectivity index (χ4v) is 2.40. The van der Waals surface area contributed by atoms with Crippen LogP contribution in [0.5, 0.6) is 0 Å². The van der Waals surface area contributed by atoms with Crippen LogP contribution in [0.1, 0.15) is 31.3 Å². The van der Waals surface area contributed by atoms with E-state index in [2.05, 4.69) is 25.8 Å². The van der Waals surface area contributed by atoms with Crippen LogP contribution in [0.4, 0.5) is 4.39 Å². The molecule has 136 valence electrons. The number of benzene rings is 1. The van der Waals surface area contributed by atoms with Crippen LogP contribution in [0.15, 0.2) is 35.6 Å². The maximum absolute atomic E-state index is 13.7. The summed E-state index contributed by atoms with van der Waals surface area (Å²) in [5.41, 5.74) is 0.249. The normalized spacial score (nSPS) is 12.9. The second kappa shape index (κ2) is 9.73. The first-order valence-electron chi connectivity index (χ1n) is 8.47. The minimum Gasteiger partial charge on any atom is -0.386 e. The number of guanidine groups is 1. The molecule has 1 atom stereocenters. The second-order valence-corrected chi connectivity index (χ2v) is 5.48. The highest BCUT2D eigenvalue weighted by Crippen LogP contribution is 2.16. The minimum absolute atomic E-state index is 0.0725. The molecule has 7 nitrogen and oxygen atoms in total. The molecule has 1 aromatic heterocycles. The fraction of sp³-hybridized carbons (Fsp3) is 0.471. The maximum Gasteiger partial charge on any atom is 0.191 e. The maximum atomic E-state index is 13.7. The van der Waals surface area contributed by atoms with Crippen molar-refractivity contribution in [1.29, 1.82) is 0 Å². The molecule has 0 aliphatic rings. The molecule has 0 spiro atoms. The predicted octanol–water partition coefficient (Wildman–Crippen LogP) is 1.27. The molecule has 25 heavy (non-hydrogen) atoms. The van der Waals surface area contributed by atoms with Crippen molar-refractivity contribution in [2.75, 3.05) is 19.6 Å². The number of aryl methyl sites for hydroxylation is 1. The number of aliphatic imine (C=N–C) groups is 1. The molecule has 0 amide bonds. The van der Waals surface area contributed by atoms with E-state index in [0.29, 0.717) is 25.6 Å². The number of rotatable bonds is 8. The molecule has 0 bridgehead atoms. The molecule has 0 saturated carbocycles. The van der Waals surface area contributed by atoms with Crippen molar-refractivity contribution in [1.82, 2.24) is 25.4 Å². The first-order valence-corrected chi connectivity index (χ1v) is 8.47. The largest absolute Gasteiger partial charge is 0.386 e. The van der Waals surface area contributed by atoms with Crippen LogP contribution in [0.25, 0.3) is 0 Å². The van der Waals surface area contributed by atoms with E-state index in [-0.39, 0.29) is 12.1 Å². The Morgan fingerprint density at radius 1 is 1.32 bits per heavy atom. The summed E-state index contributed by atoms with van der Waals surface area (Å²) in [4.78, 5) is 4.33.